The fourth-order valence-electron chi connectivity index (χ4n) is 3.14. The fraction of sp³-hybridized carbons (Fsp3) is 0.588. The van der Waals surface area contributed by atoms with Crippen LogP contribution in [0.3, 0.4) is 0 Å². The lowest BCUT2D eigenvalue weighted by atomic mass is 10.1. The maximum absolute atomic E-state index is 12.7. The summed E-state index contributed by atoms with van der Waals surface area (Å²) in [5.74, 6) is 1.16. The molecule has 0 aliphatic carbocycles. The number of rotatable bonds is 7. The van der Waals surface area contributed by atoms with Gasteiger partial charge in [0.2, 0.25) is 0 Å². The molecule has 1 saturated heterocycles. The zero-order valence-corrected chi connectivity index (χ0v) is 14.3. The molecule has 0 unspecified atom stereocenters. The second-order valence-electron chi connectivity index (χ2n) is 5.51. The quantitative estimate of drug-likeness (QED) is 0.831. The number of hydrogen-bond donors (Lipinski definition) is 1. The molecule has 6 nitrogen and oxygen atoms in total. The van der Waals surface area contributed by atoms with Crippen LogP contribution in [0.2, 0.25) is 0 Å². The third kappa shape index (κ3) is 3.69. The van der Waals surface area contributed by atoms with E-state index in [1.807, 2.05) is 0 Å². The lowest BCUT2D eigenvalue weighted by Gasteiger charge is -2.23. The van der Waals surface area contributed by atoms with Gasteiger partial charge in [-0.25, -0.2) is 0 Å². The van der Waals surface area contributed by atoms with Crippen LogP contribution in [0.25, 0.3) is 0 Å². The van der Waals surface area contributed by atoms with Crippen LogP contribution in [0, 0.1) is 0 Å². The number of likely N-dealkylation sites (tertiary alicyclic amines) is 1. The normalized spacial score (nSPS) is 17.8. The number of likely N-dealkylation sites (N-methyl/N-ethyl adjacent to an activating group) is 1. The van der Waals surface area contributed by atoms with Gasteiger partial charge in [-0.2, -0.15) is 0 Å². The number of methoxy groups -OCH3 is 3. The van der Waals surface area contributed by atoms with E-state index in [4.69, 9.17) is 14.2 Å². The van der Waals surface area contributed by atoms with Gasteiger partial charge in [-0.15, -0.1) is 0 Å². The minimum Gasteiger partial charge on any atom is -0.496 e. The van der Waals surface area contributed by atoms with E-state index in [1.165, 1.54) is 20.6 Å². The van der Waals surface area contributed by atoms with Crippen molar-refractivity contribution in [3.63, 3.8) is 0 Å². The number of ether oxygens (including phenoxy) is 3. The molecule has 23 heavy (non-hydrogen) atoms. The second-order valence-corrected chi connectivity index (χ2v) is 5.51. The molecule has 1 amide bonds. The van der Waals surface area contributed by atoms with Crippen LogP contribution in [0.15, 0.2) is 12.1 Å². The first-order chi connectivity index (χ1) is 11.2. The first-order valence-corrected chi connectivity index (χ1v) is 7.97. The fourth-order valence-corrected chi connectivity index (χ4v) is 3.14. The van der Waals surface area contributed by atoms with E-state index in [1.54, 1.807) is 19.2 Å². The van der Waals surface area contributed by atoms with Crippen LogP contribution >= 0.6 is 0 Å². The molecule has 0 spiro atoms. The highest BCUT2D eigenvalue weighted by Gasteiger charge is 2.26. The first kappa shape index (κ1) is 17.4. The Morgan fingerprint density at radius 2 is 1.91 bits per heavy atom. The Labute approximate surface area is 137 Å². The highest BCUT2D eigenvalue weighted by Crippen LogP contribution is 2.37. The molecule has 1 aliphatic rings. The van der Waals surface area contributed by atoms with Gasteiger partial charge in [-0.05, 0) is 38.1 Å². The Balaban J connectivity index is 2.17. The molecule has 1 atom stereocenters. The third-order valence-electron chi connectivity index (χ3n) is 4.36. The molecule has 1 N–H and O–H groups in total. The lowest BCUT2D eigenvalue weighted by molar-refractivity contribution is 0.0934. The van der Waals surface area contributed by atoms with E-state index >= 15 is 0 Å². The minimum atomic E-state index is -0.208. The van der Waals surface area contributed by atoms with Crippen LogP contribution in [0.1, 0.15) is 30.1 Å². The molecule has 0 radical (unpaired) electrons. The van der Waals surface area contributed by atoms with Gasteiger partial charge in [0.25, 0.3) is 5.91 Å². The van der Waals surface area contributed by atoms with Gasteiger partial charge in [0, 0.05) is 12.6 Å². The van der Waals surface area contributed by atoms with Crippen molar-refractivity contribution in [2.24, 2.45) is 0 Å². The average molecular weight is 322 g/mol. The summed E-state index contributed by atoms with van der Waals surface area (Å²) in [5, 5.41) is 3.01. The number of benzene rings is 1. The van der Waals surface area contributed by atoms with Crippen molar-refractivity contribution in [3.05, 3.63) is 17.7 Å². The van der Waals surface area contributed by atoms with Crippen LogP contribution in [-0.4, -0.2) is 57.8 Å². The van der Waals surface area contributed by atoms with Gasteiger partial charge in [0.05, 0.1) is 21.3 Å². The lowest BCUT2D eigenvalue weighted by Crippen LogP contribution is -2.40. The summed E-state index contributed by atoms with van der Waals surface area (Å²) in [6.45, 7) is 4.87. The molecule has 1 aliphatic heterocycles. The van der Waals surface area contributed by atoms with E-state index in [-0.39, 0.29) is 5.91 Å². The predicted molar refractivity (Wildman–Crippen MR) is 88.7 cm³/mol. The topological polar surface area (TPSA) is 60.0 Å². The monoisotopic (exact) mass is 322 g/mol. The Bertz CT molecular complexity index is 548. The van der Waals surface area contributed by atoms with Gasteiger partial charge in [0.15, 0.2) is 11.5 Å². The molecule has 1 aromatic carbocycles. The Morgan fingerprint density at radius 1 is 1.22 bits per heavy atom. The van der Waals surface area contributed by atoms with Gasteiger partial charge >= 0.3 is 0 Å². The molecule has 1 fully saturated rings. The van der Waals surface area contributed by atoms with Gasteiger partial charge < -0.3 is 19.5 Å². The van der Waals surface area contributed by atoms with Gasteiger partial charge in [-0.3, -0.25) is 9.69 Å². The number of hydrogen-bond acceptors (Lipinski definition) is 5. The molecular formula is C17H26N2O4. The summed E-state index contributed by atoms with van der Waals surface area (Å²) in [7, 11) is 4.60. The molecule has 128 valence electrons. The number of nitrogens with zero attached hydrogens (tertiary/aromatic N) is 1. The number of carbonyl (C=O) groups excluding carboxylic acids is 1. The summed E-state index contributed by atoms with van der Waals surface area (Å²) in [6, 6.07) is 3.83. The third-order valence-corrected chi connectivity index (χ3v) is 4.36. The maximum Gasteiger partial charge on any atom is 0.259 e. The van der Waals surface area contributed by atoms with E-state index in [2.05, 4.69) is 17.1 Å². The van der Waals surface area contributed by atoms with Crippen molar-refractivity contribution in [1.82, 2.24) is 10.2 Å². The SMILES string of the molecule is CCN1CCC[C@H]1CNC(=O)c1c(OC)ccc(OC)c1OC. The van der Waals surface area contributed by atoms with Crippen molar-refractivity contribution in [2.45, 2.75) is 25.8 Å². The number of carbonyl (C=O) groups is 1. The molecule has 2 rings (SSSR count). The second kappa shape index (κ2) is 8.06. The summed E-state index contributed by atoms with van der Waals surface area (Å²) in [4.78, 5) is 15.1. The van der Waals surface area contributed by atoms with Crippen LogP contribution < -0.4 is 19.5 Å². The molecule has 1 aromatic rings. The Kier molecular flexibility index (Phi) is 6.10. The van der Waals surface area contributed by atoms with E-state index in [9.17, 15) is 4.79 Å². The zero-order valence-electron chi connectivity index (χ0n) is 14.3. The number of amides is 1. The summed E-state index contributed by atoms with van der Waals surface area (Å²) < 4.78 is 16.0. The first-order valence-electron chi connectivity index (χ1n) is 7.97. The Morgan fingerprint density at radius 3 is 2.52 bits per heavy atom. The predicted octanol–water partition coefficient (Wildman–Crippen LogP) is 1.93. The summed E-state index contributed by atoms with van der Waals surface area (Å²) in [6.07, 6.45) is 2.29. The minimum absolute atomic E-state index is 0.208. The van der Waals surface area contributed by atoms with Crippen molar-refractivity contribution < 1.29 is 19.0 Å². The molecule has 0 aromatic heterocycles. The molecular weight excluding hydrogens is 296 g/mol. The van der Waals surface area contributed by atoms with Crippen molar-refractivity contribution in [1.29, 1.82) is 0 Å². The van der Waals surface area contributed by atoms with Crippen molar-refractivity contribution in [2.75, 3.05) is 41.0 Å². The van der Waals surface area contributed by atoms with Crippen LogP contribution in [-0.2, 0) is 0 Å². The average Bonchev–Trinajstić information content (AvgIpc) is 3.05. The van der Waals surface area contributed by atoms with Crippen molar-refractivity contribution in [3.8, 4) is 17.2 Å². The standard InChI is InChI=1S/C17H26N2O4/c1-5-19-10-6-7-12(19)11-18-17(20)15-13(21-2)8-9-14(22-3)16(15)23-4/h8-9,12H,5-7,10-11H2,1-4H3,(H,18,20)/t12-/m0/s1. The van der Waals surface area contributed by atoms with Crippen molar-refractivity contribution >= 4 is 5.91 Å². The van der Waals surface area contributed by atoms with E-state index in [0.29, 0.717) is 35.4 Å². The van der Waals surface area contributed by atoms with Gasteiger partial charge in [0.1, 0.15) is 11.3 Å². The molecule has 0 saturated carbocycles. The largest absolute Gasteiger partial charge is 0.496 e. The Hall–Kier alpha value is -1.95. The molecule has 6 heteroatoms. The van der Waals surface area contributed by atoms with E-state index < -0.39 is 0 Å². The highest BCUT2D eigenvalue weighted by atomic mass is 16.5. The van der Waals surface area contributed by atoms with Crippen LogP contribution in [0.4, 0.5) is 0 Å². The summed E-state index contributed by atoms with van der Waals surface area (Å²) >= 11 is 0. The molecule has 1 heterocycles. The zero-order chi connectivity index (χ0) is 16.8. The highest BCUT2D eigenvalue weighted by molar-refractivity contribution is 6.00. The molecule has 0 bridgehead atoms. The van der Waals surface area contributed by atoms with E-state index in [0.717, 1.165) is 19.5 Å². The smallest absolute Gasteiger partial charge is 0.259 e. The summed E-state index contributed by atoms with van der Waals surface area (Å²) in [5.41, 5.74) is 0.371. The number of nitrogens with one attached hydrogen (secondary N) is 1. The van der Waals surface area contributed by atoms with Gasteiger partial charge in [-0.1, -0.05) is 6.92 Å². The maximum atomic E-state index is 12.7. The van der Waals surface area contributed by atoms with Crippen LogP contribution in [0.5, 0.6) is 17.2 Å².